The van der Waals surface area contributed by atoms with Gasteiger partial charge in [-0.2, -0.15) is 0 Å². The minimum absolute atomic E-state index is 0.400. The van der Waals surface area contributed by atoms with Crippen molar-refractivity contribution in [2.45, 2.75) is 32.8 Å². The van der Waals surface area contributed by atoms with E-state index in [-0.39, 0.29) is 0 Å². The van der Waals surface area contributed by atoms with E-state index in [0.717, 1.165) is 31.7 Å². The van der Waals surface area contributed by atoms with Gasteiger partial charge in [0, 0.05) is 13.1 Å². The molecule has 1 aromatic rings. The molecule has 16 heavy (non-hydrogen) atoms. The van der Waals surface area contributed by atoms with Gasteiger partial charge in [-0.3, -0.25) is 0 Å². The predicted molar refractivity (Wildman–Crippen MR) is 67.1 cm³/mol. The van der Waals surface area contributed by atoms with Gasteiger partial charge in [0.25, 0.3) is 0 Å². The quantitative estimate of drug-likeness (QED) is 0.758. The normalized spacial score (nSPS) is 18.7. The molecule has 0 bridgehead atoms. The van der Waals surface area contributed by atoms with Gasteiger partial charge in [-0.25, -0.2) is 0 Å². The van der Waals surface area contributed by atoms with Gasteiger partial charge in [-0.1, -0.05) is 12.1 Å². The molecule has 0 amide bonds. The third kappa shape index (κ3) is 2.56. The summed E-state index contributed by atoms with van der Waals surface area (Å²) in [7, 11) is 2.17. The smallest absolute Gasteiger partial charge is 0.122 e. The topological polar surface area (TPSA) is 12.5 Å². The molecule has 0 spiro atoms. The maximum atomic E-state index is 6.09. The van der Waals surface area contributed by atoms with Crippen molar-refractivity contribution in [3.05, 3.63) is 29.3 Å². The van der Waals surface area contributed by atoms with Crippen molar-refractivity contribution in [2.24, 2.45) is 0 Å². The lowest BCUT2D eigenvalue weighted by Crippen LogP contribution is -2.35. The number of aryl methyl sites for hydroxylation is 1. The SMILES string of the molecule is Cc1cccc(OC2CCN(C)CC2)c1C. The molecule has 1 aliphatic heterocycles. The number of hydrogen-bond donors (Lipinski definition) is 0. The second-order valence-electron chi connectivity index (χ2n) is 4.82. The van der Waals surface area contributed by atoms with Crippen molar-refractivity contribution in [2.75, 3.05) is 20.1 Å². The van der Waals surface area contributed by atoms with E-state index >= 15 is 0 Å². The van der Waals surface area contributed by atoms with E-state index in [0.29, 0.717) is 6.10 Å². The van der Waals surface area contributed by atoms with Gasteiger partial charge in [0.05, 0.1) is 0 Å². The molecule has 1 fully saturated rings. The zero-order valence-corrected chi connectivity index (χ0v) is 10.5. The second-order valence-corrected chi connectivity index (χ2v) is 4.82. The lowest BCUT2D eigenvalue weighted by Gasteiger charge is -2.29. The van der Waals surface area contributed by atoms with Crippen LogP contribution in [-0.2, 0) is 0 Å². The first kappa shape index (κ1) is 11.5. The van der Waals surface area contributed by atoms with Crippen LogP contribution in [0, 0.1) is 13.8 Å². The molecule has 1 saturated heterocycles. The molecular formula is C14H21NO. The summed E-state index contributed by atoms with van der Waals surface area (Å²) < 4.78 is 6.09. The molecule has 0 unspecified atom stereocenters. The number of likely N-dealkylation sites (tertiary alicyclic amines) is 1. The van der Waals surface area contributed by atoms with E-state index in [1.807, 2.05) is 0 Å². The van der Waals surface area contributed by atoms with Gasteiger partial charge in [-0.05, 0) is 50.9 Å². The molecule has 0 aromatic heterocycles. The second kappa shape index (κ2) is 4.88. The number of ether oxygens (including phenoxy) is 1. The average Bonchev–Trinajstić information content (AvgIpc) is 2.28. The van der Waals surface area contributed by atoms with E-state index in [4.69, 9.17) is 4.74 Å². The lowest BCUT2D eigenvalue weighted by atomic mass is 10.1. The molecule has 0 aliphatic carbocycles. The fourth-order valence-electron chi connectivity index (χ4n) is 2.13. The zero-order valence-electron chi connectivity index (χ0n) is 10.5. The Labute approximate surface area is 98.2 Å². The Hall–Kier alpha value is -1.02. The molecule has 0 atom stereocenters. The summed E-state index contributed by atoms with van der Waals surface area (Å²) in [6.45, 7) is 6.57. The fraction of sp³-hybridized carbons (Fsp3) is 0.571. The van der Waals surface area contributed by atoms with E-state index < -0.39 is 0 Å². The van der Waals surface area contributed by atoms with Gasteiger partial charge in [0.15, 0.2) is 0 Å². The van der Waals surface area contributed by atoms with Crippen molar-refractivity contribution in [3.8, 4) is 5.75 Å². The van der Waals surface area contributed by atoms with E-state index in [9.17, 15) is 0 Å². The van der Waals surface area contributed by atoms with Gasteiger partial charge in [0.2, 0.25) is 0 Å². The molecule has 0 N–H and O–H groups in total. The molecule has 88 valence electrons. The summed E-state index contributed by atoms with van der Waals surface area (Å²) in [5.41, 5.74) is 2.59. The van der Waals surface area contributed by atoms with Crippen LogP contribution in [0.3, 0.4) is 0 Å². The first-order valence-corrected chi connectivity index (χ1v) is 6.08. The largest absolute Gasteiger partial charge is 0.490 e. The summed E-state index contributed by atoms with van der Waals surface area (Å²) in [4.78, 5) is 2.36. The molecule has 0 radical (unpaired) electrons. The minimum atomic E-state index is 0.400. The molecule has 2 nitrogen and oxygen atoms in total. The highest BCUT2D eigenvalue weighted by atomic mass is 16.5. The number of hydrogen-bond acceptors (Lipinski definition) is 2. The van der Waals surface area contributed by atoms with Crippen LogP contribution in [0.25, 0.3) is 0 Å². The molecule has 2 heteroatoms. The Balaban J connectivity index is 2.01. The van der Waals surface area contributed by atoms with Gasteiger partial charge in [-0.15, -0.1) is 0 Å². The maximum absolute atomic E-state index is 6.09. The average molecular weight is 219 g/mol. The first-order chi connectivity index (χ1) is 7.66. The molecule has 1 aliphatic rings. The Kier molecular flexibility index (Phi) is 3.49. The van der Waals surface area contributed by atoms with Crippen LogP contribution in [-0.4, -0.2) is 31.1 Å². The Morgan fingerprint density at radius 3 is 2.56 bits per heavy atom. The van der Waals surface area contributed by atoms with E-state index in [1.165, 1.54) is 11.1 Å². The fourth-order valence-corrected chi connectivity index (χ4v) is 2.13. The van der Waals surface area contributed by atoms with Crippen molar-refractivity contribution in [1.29, 1.82) is 0 Å². The highest BCUT2D eigenvalue weighted by molar-refractivity contribution is 5.38. The molecule has 2 rings (SSSR count). The number of benzene rings is 1. The monoisotopic (exact) mass is 219 g/mol. The van der Waals surface area contributed by atoms with Crippen LogP contribution >= 0.6 is 0 Å². The molecule has 1 aromatic carbocycles. The highest BCUT2D eigenvalue weighted by Crippen LogP contribution is 2.24. The summed E-state index contributed by atoms with van der Waals surface area (Å²) >= 11 is 0. The standard InChI is InChI=1S/C14H21NO/c1-11-5-4-6-14(12(11)2)16-13-7-9-15(3)10-8-13/h4-6,13H,7-10H2,1-3H3. The third-order valence-electron chi connectivity index (χ3n) is 3.51. The number of piperidine rings is 1. The van der Waals surface area contributed by atoms with Gasteiger partial charge >= 0.3 is 0 Å². The lowest BCUT2D eigenvalue weighted by molar-refractivity contribution is 0.113. The van der Waals surface area contributed by atoms with Gasteiger partial charge < -0.3 is 9.64 Å². The summed E-state index contributed by atoms with van der Waals surface area (Å²) in [6.07, 6.45) is 2.69. The van der Waals surface area contributed by atoms with Crippen molar-refractivity contribution >= 4 is 0 Å². The molecule has 1 heterocycles. The van der Waals surface area contributed by atoms with Crippen LogP contribution in [0.2, 0.25) is 0 Å². The van der Waals surface area contributed by atoms with Crippen LogP contribution < -0.4 is 4.74 Å². The van der Waals surface area contributed by atoms with Crippen LogP contribution in [0.5, 0.6) is 5.75 Å². The van der Waals surface area contributed by atoms with Crippen LogP contribution in [0.4, 0.5) is 0 Å². The highest BCUT2D eigenvalue weighted by Gasteiger charge is 2.18. The van der Waals surface area contributed by atoms with Crippen molar-refractivity contribution in [1.82, 2.24) is 4.90 Å². The summed E-state index contributed by atoms with van der Waals surface area (Å²) in [5, 5.41) is 0. The zero-order chi connectivity index (χ0) is 11.5. The van der Waals surface area contributed by atoms with Crippen molar-refractivity contribution in [3.63, 3.8) is 0 Å². The third-order valence-corrected chi connectivity index (χ3v) is 3.51. The Bertz CT molecular complexity index is 354. The summed E-state index contributed by atoms with van der Waals surface area (Å²) in [6, 6.07) is 6.30. The minimum Gasteiger partial charge on any atom is -0.490 e. The first-order valence-electron chi connectivity index (χ1n) is 6.08. The van der Waals surface area contributed by atoms with Crippen LogP contribution in [0.15, 0.2) is 18.2 Å². The van der Waals surface area contributed by atoms with Crippen molar-refractivity contribution < 1.29 is 4.74 Å². The Morgan fingerprint density at radius 2 is 1.88 bits per heavy atom. The number of rotatable bonds is 2. The van der Waals surface area contributed by atoms with E-state index in [1.54, 1.807) is 0 Å². The predicted octanol–water partition coefficient (Wildman–Crippen LogP) is 2.78. The Morgan fingerprint density at radius 1 is 1.19 bits per heavy atom. The van der Waals surface area contributed by atoms with Crippen LogP contribution in [0.1, 0.15) is 24.0 Å². The summed E-state index contributed by atoms with van der Waals surface area (Å²) in [5.74, 6) is 1.06. The van der Waals surface area contributed by atoms with Gasteiger partial charge in [0.1, 0.15) is 11.9 Å². The molecular weight excluding hydrogens is 198 g/mol. The number of nitrogens with zero attached hydrogens (tertiary/aromatic N) is 1. The van der Waals surface area contributed by atoms with E-state index in [2.05, 4.69) is 44.0 Å². The molecule has 0 saturated carbocycles. The maximum Gasteiger partial charge on any atom is 0.122 e.